The van der Waals surface area contributed by atoms with Gasteiger partial charge in [-0.3, -0.25) is 4.98 Å². The summed E-state index contributed by atoms with van der Waals surface area (Å²) in [6.07, 6.45) is 2.82. The number of pyridine rings is 1. The van der Waals surface area contributed by atoms with Gasteiger partial charge in [0.1, 0.15) is 0 Å². The van der Waals surface area contributed by atoms with Crippen molar-refractivity contribution in [2.45, 2.75) is 18.9 Å². The molecule has 156 valence electrons. The van der Waals surface area contributed by atoms with E-state index in [2.05, 4.69) is 9.88 Å². The molecule has 5 rings (SSSR count). The van der Waals surface area contributed by atoms with Crippen LogP contribution in [0.25, 0.3) is 33.4 Å². The Morgan fingerprint density at radius 3 is 2.45 bits per heavy atom. The lowest BCUT2D eigenvalue weighted by atomic mass is 10.0. The van der Waals surface area contributed by atoms with E-state index in [0.717, 1.165) is 22.0 Å². The maximum absolute atomic E-state index is 9.89. The van der Waals surface area contributed by atoms with Crippen molar-refractivity contribution < 1.29 is 5.11 Å². The molecular weight excluding hydrogens is 410 g/mol. The van der Waals surface area contributed by atoms with Gasteiger partial charge in [-0.2, -0.15) is 0 Å². The Morgan fingerprint density at radius 1 is 0.935 bits per heavy atom. The highest BCUT2D eigenvalue weighted by Gasteiger charge is 2.23. The predicted octanol–water partition coefficient (Wildman–Crippen LogP) is 4.56. The van der Waals surface area contributed by atoms with Gasteiger partial charge in [0.15, 0.2) is 11.6 Å². The Labute approximate surface area is 185 Å². The molecule has 0 amide bonds. The summed E-state index contributed by atoms with van der Waals surface area (Å²) < 4.78 is 0. The molecule has 2 aromatic carbocycles. The standard InChI is InChI=1S/C24H22ClN5O/c25-19-14-17(13-16-7-4-10-27-20(16)19)22-21(15-5-2-1-3-6-15)28-23(26)24(29-22)30-11-8-18(31)9-12-30/h1-7,10,13-14,18,31H,8-9,11-12H2,(H2,26,28). The van der Waals surface area contributed by atoms with Crippen LogP contribution < -0.4 is 10.6 Å². The fourth-order valence-corrected chi connectivity index (χ4v) is 4.31. The summed E-state index contributed by atoms with van der Waals surface area (Å²) in [5.74, 6) is 1.02. The molecule has 0 spiro atoms. The monoisotopic (exact) mass is 431 g/mol. The topological polar surface area (TPSA) is 88.2 Å². The molecule has 6 nitrogen and oxygen atoms in total. The smallest absolute Gasteiger partial charge is 0.172 e. The average molecular weight is 432 g/mol. The number of aliphatic hydroxyl groups excluding tert-OH is 1. The van der Waals surface area contributed by atoms with Crippen LogP contribution in [0.2, 0.25) is 5.02 Å². The van der Waals surface area contributed by atoms with Gasteiger partial charge < -0.3 is 15.7 Å². The van der Waals surface area contributed by atoms with Crippen molar-refractivity contribution in [3.05, 3.63) is 65.8 Å². The van der Waals surface area contributed by atoms with Crippen LogP contribution in [-0.2, 0) is 0 Å². The highest BCUT2D eigenvalue weighted by atomic mass is 35.5. The zero-order chi connectivity index (χ0) is 21.4. The number of rotatable bonds is 3. The van der Waals surface area contributed by atoms with Crippen molar-refractivity contribution in [3.8, 4) is 22.5 Å². The van der Waals surface area contributed by atoms with Gasteiger partial charge in [-0.15, -0.1) is 0 Å². The normalized spacial score (nSPS) is 14.8. The molecule has 1 fully saturated rings. The lowest BCUT2D eigenvalue weighted by molar-refractivity contribution is 0.145. The van der Waals surface area contributed by atoms with Gasteiger partial charge in [0.25, 0.3) is 0 Å². The molecule has 3 heterocycles. The maximum atomic E-state index is 9.89. The van der Waals surface area contributed by atoms with Gasteiger partial charge in [-0.1, -0.05) is 48.0 Å². The van der Waals surface area contributed by atoms with Crippen LogP contribution in [-0.4, -0.2) is 39.3 Å². The number of aromatic nitrogens is 3. The highest BCUT2D eigenvalue weighted by molar-refractivity contribution is 6.35. The number of hydrogen-bond acceptors (Lipinski definition) is 6. The Morgan fingerprint density at radius 2 is 1.68 bits per heavy atom. The van der Waals surface area contributed by atoms with E-state index in [1.807, 2.05) is 54.6 Å². The third kappa shape index (κ3) is 3.80. The van der Waals surface area contributed by atoms with E-state index in [1.165, 1.54) is 0 Å². The molecule has 1 saturated heterocycles. The number of benzene rings is 2. The summed E-state index contributed by atoms with van der Waals surface area (Å²) in [6.45, 7) is 1.37. The molecule has 0 unspecified atom stereocenters. The highest BCUT2D eigenvalue weighted by Crippen LogP contribution is 2.37. The van der Waals surface area contributed by atoms with E-state index in [9.17, 15) is 5.11 Å². The molecule has 3 N–H and O–H groups in total. The molecule has 0 bridgehead atoms. The molecule has 0 saturated carbocycles. The van der Waals surface area contributed by atoms with E-state index in [4.69, 9.17) is 27.3 Å². The van der Waals surface area contributed by atoms with Crippen LogP contribution in [0, 0.1) is 0 Å². The molecule has 2 aromatic heterocycles. The number of nitrogens with two attached hydrogens (primary N) is 1. The van der Waals surface area contributed by atoms with E-state index < -0.39 is 0 Å². The predicted molar refractivity (Wildman–Crippen MR) is 125 cm³/mol. The molecular formula is C24H22ClN5O. The lowest BCUT2D eigenvalue weighted by Crippen LogP contribution is -2.37. The maximum Gasteiger partial charge on any atom is 0.172 e. The van der Waals surface area contributed by atoms with Gasteiger partial charge in [0.05, 0.1) is 28.0 Å². The molecule has 1 aliphatic heterocycles. The van der Waals surface area contributed by atoms with Crippen LogP contribution in [0.5, 0.6) is 0 Å². The molecule has 31 heavy (non-hydrogen) atoms. The van der Waals surface area contributed by atoms with Crippen molar-refractivity contribution in [1.29, 1.82) is 0 Å². The summed E-state index contributed by atoms with van der Waals surface area (Å²) in [4.78, 5) is 16.3. The zero-order valence-electron chi connectivity index (χ0n) is 16.9. The summed E-state index contributed by atoms with van der Waals surface area (Å²) in [6, 6.07) is 17.7. The molecule has 1 aliphatic rings. The summed E-state index contributed by atoms with van der Waals surface area (Å²) in [7, 11) is 0. The number of piperidine rings is 1. The van der Waals surface area contributed by atoms with Crippen LogP contribution in [0.4, 0.5) is 11.6 Å². The zero-order valence-corrected chi connectivity index (χ0v) is 17.6. The average Bonchev–Trinajstić information content (AvgIpc) is 2.80. The third-order valence-corrected chi connectivity index (χ3v) is 5.93. The second-order valence-electron chi connectivity index (χ2n) is 7.75. The molecule has 0 aliphatic carbocycles. The van der Waals surface area contributed by atoms with E-state index in [0.29, 0.717) is 54.0 Å². The van der Waals surface area contributed by atoms with E-state index in [-0.39, 0.29) is 6.10 Å². The van der Waals surface area contributed by atoms with Crippen LogP contribution >= 0.6 is 11.6 Å². The number of nitrogens with zero attached hydrogens (tertiary/aromatic N) is 4. The van der Waals surface area contributed by atoms with Crippen molar-refractivity contribution in [3.63, 3.8) is 0 Å². The minimum Gasteiger partial charge on any atom is -0.393 e. The number of aliphatic hydroxyl groups is 1. The first-order valence-electron chi connectivity index (χ1n) is 10.3. The lowest BCUT2D eigenvalue weighted by Gasteiger charge is -2.31. The Balaban J connectivity index is 1.71. The molecule has 0 radical (unpaired) electrons. The molecule has 0 atom stereocenters. The first-order chi connectivity index (χ1) is 15.1. The minimum absolute atomic E-state index is 0.278. The number of nitrogen functional groups attached to an aromatic ring is 1. The number of halogens is 1. The number of hydrogen-bond donors (Lipinski definition) is 2. The summed E-state index contributed by atoms with van der Waals surface area (Å²) in [5.41, 5.74) is 10.3. The number of fused-ring (bicyclic) bond motifs is 1. The summed E-state index contributed by atoms with van der Waals surface area (Å²) in [5, 5.41) is 11.4. The van der Waals surface area contributed by atoms with Crippen molar-refractivity contribution in [2.75, 3.05) is 23.7 Å². The Kier molecular flexibility index (Phi) is 5.18. The number of anilines is 2. The quantitative estimate of drug-likeness (QED) is 0.494. The van der Waals surface area contributed by atoms with E-state index in [1.54, 1.807) is 6.20 Å². The van der Waals surface area contributed by atoms with Gasteiger partial charge in [0, 0.05) is 35.8 Å². The fraction of sp³-hybridized carbons (Fsp3) is 0.208. The fourth-order valence-electron chi connectivity index (χ4n) is 4.03. The van der Waals surface area contributed by atoms with Crippen molar-refractivity contribution in [1.82, 2.24) is 15.0 Å². The first-order valence-corrected chi connectivity index (χ1v) is 10.7. The Hall–Kier alpha value is -3.22. The van der Waals surface area contributed by atoms with Gasteiger partial charge in [0.2, 0.25) is 0 Å². The van der Waals surface area contributed by atoms with Crippen molar-refractivity contribution in [2.24, 2.45) is 0 Å². The van der Waals surface area contributed by atoms with E-state index >= 15 is 0 Å². The van der Waals surface area contributed by atoms with Crippen LogP contribution in [0.3, 0.4) is 0 Å². The van der Waals surface area contributed by atoms with Gasteiger partial charge in [-0.25, -0.2) is 9.97 Å². The van der Waals surface area contributed by atoms with Gasteiger partial charge >= 0.3 is 0 Å². The minimum atomic E-state index is -0.278. The third-order valence-electron chi connectivity index (χ3n) is 5.65. The molecule has 7 heteroatoms. The Bertz CT molecular complexity index is 1240. The van der Waals surface area contributed by atoms with Gasteiger partial charge in [-0.05, 0) is 31.0 Å². The first kappa shape index (κ1) is 19.7. The second-order valence-corrected chi connectivity index (χ2v) is 8.15. The summed E-state index contributed by atoms with van der Waals surface area (Å²) >= 11 is 6.57. The second kappa shape index (κ2) is 8.13. The van der Waals surface area contributed by atoms with Crippen LogP contribution in [0.1, 0.15) is 12.8 Å². The van der Waals surface area contributed by atoms with Crippen molar-refractivity contribution >= 4 is 34.1 Å². The molecule has 4 aromatic rings. The SMILES string of the molecule is Nc1nc(-c2ccccc2)c(-c2cc(Cl)c3ncccc3c2)nc1N1CCC(O)CC1. The largest absolute Gasteiger partial charge is 0.393 e. The van der Waals surface area contributed by atoms with Crippen LogP contribution in [0.15, 0.2) is 60.8 Å².